The second-order valence-corrected chi connectivity index (χ2v) is 6.53. The number of aryl methyl sites for hydroxylation is 1. The van der Waals surface area contributed by atoms with Crippen LogP contribution in [-0.2, 0) is 4.79 Å². The van der Waals surface area contributed by atoms with Gasteiger partial charge in [-0.3, -0.25) is 9.59 Å². The molecule has 2 aromatic rings. The molecule has 3 rings (SSSR count). The van der Waals surface area contributed by atoms with Crippen molar-refractivity contribution in [1.82, 2.24) is 5.32 Å². The van der Waals surface area contributed by atoms with Crippen LogP contribution in [-0.4, -0.2) is 17.9 Å². The predicted molar refractivity (Wildman–Crippen MR) is 101 cm³/mol. The van der Waals surface area contributed by atoms with Gasteiger partial charge in [-0.15, -0.1) is 0 Å². The van der Waals surface area contributed by atoms with Crippen LogP contribution in [0.25, 0.3) is 0 Å². The minimum absolute atomic E-state index is 0.133. The van der Waals surface area contributed by atoms with Gasteiger partial charge in [0.2, 0.25) is 0 Å². The molecule has 0 saturated carbocycles. The molecule has 6 nitrogen and oxygen atoms in total. The van der Waals surface area contributed by atoms with Gasteiger partial charge in [-0.25, -0.2) is 0 Å². The lowest BCUT2D eigenvalue weighted by atomic mass is 10.0. The van der Waals surface area contributed by atoms with Crippen LogP contribution in [0.5, 0.6) is 5.75 Å². The summed E-state index contributed by atoms with van der Waals surface area (Å²) < 4.78 is 5.77. The largest absolute Gasteiger partial charge is 0.478 e. The molecule has 1 aliphatic heterocycles. The zero-order chi connectivity index (χ0) is 18.8. The first-order valence-corrected chi connectivity index (χ1v) is 8.67. The molecule has 2 atom stereocenters. The van der Waals surface area contributed by atoms with Crippen LogP contribution < -0.4 is 21.1 Å². The molecule has 2 unspecified atom stereocenters. The van der Waals surface area contributed by atoms with E-state index in [1.165, 1.54) is 0 Å². The Hall–Kier alpha value is -3.02. The van der Waals surface area contributed by atoms with E-state index in [1.54, 1.807) is 18.2 Å². The normalized spacial score (nSPS) is 16.9. The summed E-state index contributed by atoms with van der Waals surface area (Å²) in [5.41, 5.74) is 9.31. The number of carbonyl (C=O) groups excluding carboxylic acids is 2. The van der Waals surface area contributed by atoms with Crippen LogP contribution in [0.3, 0.4) is 0 Å². The summed E-state index contributed by atoms with van der Waals surface area (Å²) >= 11 is 0. The standard InChI is InChI=1S/C20H23N3O3/c1-4-17-20(25)23-16-8-6-13(9-18(16)26-17)12(3)22-19(24)15-10-14(21)7-5-11(15)2/h5-10,12,17H,4,21H2,1-3H3,(H,22,24)(H,23,25). The molecule has 0 bridgehead atoms. The molecule has 0 saturated heterocycles. The first-order chi connectivity index (χ1) is 12.4. The lowest BCUT2D eigenvalue weighted by Crippen LogP contribution is -2.36. The summed E-state index contributed by atoms with van der Waals surface area (Å²) in [6, 6.07) is 10.6. The lowest BCUT2D eigenvalue weighted by Gasteiger charge is -2.26. The van der Waals surface area contributed by atoms with E-state index < -0.39 is 6.10 Å². The molecule has 2 amide bonds. The van der Waals surface area contributed by atoms with Crippen molar-refractivity contribution in [1.29, 1.82) is 0 Å². The first kappa shape index (κ1) is 17.8. The van der Waals surface area contributed by atoms with Gasteiger partial charge >= 0.3 is 0 Å². The van der Waals surface area contributed by atoms with Gasteiger partial charge in [0, 0.05) is 11.3 Å². The summed E-state index contributed by atoms with van der Waals surface area (Å²) in [5.74, 6) is 0.308. The van der Waals surface area contributed by atoms with Gasteiger partial charge in [0.25, 0.3) is 11.8 Å². The fraction of sp³-hybridized carbons (Fsp3) is 0.300. The second kappa shape index (κ2) is 7.07. The van der Waals surface area contributed by atoms with Gasteiger partial charge < -0.3 is 21.1 Å². The quantitative estimate of drug-likeness (QED) is 0.736. The van der Waals surface area contributed by atoms with Crippen LogP contribution >= 0.6 is 0 Å². The number of hydrogen-bond donors (Lipinski definition) is 3. The highest BCUT2D eigenvalue weighted by Gasteiger charge is 2.26. The van der Waals surface area contributed by atoms with Crippen molar-refractivity contribution in [2.45, 2.75) is 39.3 Å². The third-order valence-corrected chi connectivity index (χ3v) is 4.55. The van der Waals surface area contributed by atoms with Crippen molar-refractivity contribution in [3.8, 4) is 5.75 Å². The Labute approximate surface area is 152 Å². The van der Waals surface area contributed by atoms with Crippen LogP contribution in [0, 0.1) is 6.92 Å². The van der Waals surface area contributed by atoms with E-state index in [0.29, 0.717) is 29.1 Å². The smallest absolute Gasteiger partial charge is 0.265 e. The van der Waals surface area contributed by atoms with Crippen molar-refractivity contribution in [2.24, 2.45) is 0 Å². The third-order valence-electron chi connectivity index (χ3n) is 4.55. The Morgan fingerprint density at radius 3 is 2.81 bits per heavy atom. The lowest BCUT2D eigenvalue weighted by molar-refractivity contribution is -0.123. The minimum Gasteiger partial charge on any atom is -0.478 e. The molecule has 0 radical (unpaired) electrons. The molecule has 0 aromatic heterocycles. The predicted octanol–water partition coefficient (Wildman–Crippen LogP) is 3.18. The summed E-state index contributed by atoms with van der Waals surface area (Å²) in [4.78, 5) is 24.4. The maximum atomic E-state index is 12.6. The van der Waals surface area contributed by atoms with Gasteiger partial charge in [0.05, 0.1) is 11.7 Å². The Bertz CT molecular complexity index is 863. The van der Waals surface area contributed by atoms with Gasteiger partial charge in [-0.05, 0) is 55.7 Å². The molecule has 2 aromatic carbocycles. The zero-order valence-corrected chi connectivity index (χ0v) is 15.1. The summed E-state index contributed by atoms with van der Waals surface area (Å²) in [6.45, 7) is 5.68. The van der Waals surface area contributed by atoms with Crippen LogP contribution in [0.2, 0.25) is 0 Å². The van der Waals surface area contributed by atoms with Crippen LogP contribution in [0.15, 0.2) is 36.4 Å². The maximum absolute atomic E-state index is 12.6. The number of nitrogens with one attached hydrogen (secondary N) is 2. The summed E-state index contributed by atoms with van der Waals surface area (Å²) in [7, 11) is 0. The Morgan fingerprint density at radius 2 is 2.08 bits per heavy atom. The number of benzene rings is 2. The van der Waals surface area contributed by atoms with Crippen molar-refractivity contribution in [3.63, 3.8) is 0 Å². The first-order valence-electron chi connectivity index (χ1n) is 8.67. The number of ether oxygens (including phenoxy) is 1. The average Bonchev–Trinajstić information content (AvgIpc) is 2.62. The third kappa shape index (κ3) is 3.49. The number of amides is 2. The van der Waals surface area contributed by atoms with Crippen molar-refractivity contribution in [3.05, 3.63) is 53.1 Å². The number of nitrogens with two attached hydrogens (primary N) is 1. The van der Waals surface area contributed by atoms with E-state index in [1.807, 2.05) is 39.0 Å². The van der Waals surface area contributed by atoms with Gasteiger partial charge in [-0.1, -0.05) is 19.1 Å². The molecule has 0 aliphatic carbocycles. The van der Waals surface area contributed by atoms with Crippen LogP contribution in [0.1, 0.15) is 47.8 Å². The van der Waals surface area contributed by atoms with Crippen molar-refractivity contribution >= 4 is 23.2 Å². The number of nitrogen functional groups attached to an aromatic ring is 1. The highest BCUT2D eigenvalue weighted by Crippen LogP contribution is 2.33. The van der Waals surface area contributed by atoms with E-state index in [2.05, 4.69) is 10.6 Å². The van der Waals surface area contributed by atoms with Gasteiger partial charge in [0.1, 0.15) is 5.75 Å². The number of hydrogen-bond acceptors (Lipinski definition) is 4. The van der Waals surface area contributed by atoms with E-state index >= 15 is 0 Å². The number of anilines is 2. The van der Waals surface area contributed by atoms with E-state index in [-0.39, 0.29) is 17.9 Å². The Balaban J connectivity index is 1.78. The number of carbonyl (C=O) groups is 2. The molecule has 4 N–H and O–H groups in total. The van der Waals surface area contributed by atoms with E-state index in [0.717, 1.165) is 11.1 Å². The molecule has 1 aliphatic rings. The molecule has 0 spiro atoms. The fourth-order valence-electron chi connectivity index (χ4n) is 2.94. The fourth-order valence-corrected chi connectivity index (χ4v) is 2.94. The average molecular weight is 353 g/mol. The molecular formula is C20H23N3O3. The van der Waals surface area contributed by atoms with E-state index in [4.69, 9.17) is 10.5 Å². The van der Waals surface area contributed by atoms with Crippen LogP contribution in [0.4, 0.5) is 11.4 Å². The monoisotopic (exact) mass is 353 g/mol. The molecule has 6 heteroatoms. The van der Waals surface area contributed by atoms with Gasteiger partial charge in [-0.2, -0.15) is 0 Å². The SMILES string of the molecule is CCC1Oc2cc(C(C)NC(=O)c3cc(N)ccc3C)ccc2NC1=O. The Morgan fingerprint density at radius 1 is 1.31 bits per heavy atom. The number of rotatable bonds is 4. The molecule has 0 fully saturated rings. The second-order valence-electron chi connectivity index (χ2n) is 6.53. The maximum Gasteiger partial charge on any atom is 0.265 e. The van der Waals surface area contributed by atoms with Gasteiger partial charge in [0.15, 0.2) is 6.10 Å². The highest BCUT2D eigenvalue weighted by molar-refractivity contribution is 5.98. The molecular weight excluding hydrogens is 330 g/mol. The minimum atomic E-state index is -0.488. The van der Waals surface area contributed by atoms with E-state index in [9.17, 15) is 9.59 Å². The highest BCUT2D eigenvalue weighted by atomic mass is 16.5. The van der Waals surface area contributed by atoms with Crippen molar-refractivity contribution in [2.75, 3.05) is 11.1 Å². The summed E-state index contributed by atoms with van der Waals surface area (Å²) in [6.07, 6.45) is 0.105. The molecule has 136 valence electrons. The molecule has 1 heterocycles. The van der Waals surface area contributed by atoms with Crippen molar-refractivity contribution < 1.29 is 14.3 Å². The molecule has 26 heavy (non-hydrogen) atoms. The Kier molecular flexibility index (Phi) is 4.84. The topological polar surface area (TPSA) is 93.4 Å². The zero-order valence-electron chi connectivity index (χ0n) is 15.1. The number of fused-ring (bicyclic) bond motifs is 1. The summed E-state index contributed by atoms with van der Waals surface area (Å²) in [5, 5.41) is 5.83.